The number of methoxy groups -OCH3 is 1. The van der Waals surface area contributed by atoms with Crippen molar-refractivity contribution < 1.29 is 9.13 Å². The van der Waals surface area contributed by atoms with Crippen LogP contribution >= 0.6 is 0 Å². The Bertz CT molecular complexity index is 355. The van der Waals surface area contributed by atoms with Gasteiger partial charge in [-0.2, -0.15) is 0 Å². The highest BCUT2D eigenvalue weighted by atomic mass is 19.1. The lowest BCUT2D eigenvalue weighted by molar-refractivity contribution is 0.204. The largest absolute Gasteiger partial charge is 0.399 e. The number of benzene rings is 1. The van der Waals surface area contributed by atoms with Crippen LogP contribution in [0.5, 0.6) is 0 Å². The third-order valence-electron chi connectivity index (χ3n) is 2.46. The number of nitrogens with zero attached hydrogens (tertiary/aromatic N) is 1. The lowest BCUT2D eigenvalue weighted by atomic mass is 10.1. The van der Waals surface area contributed by atoms with Crippen LogP contribution in [0.1, 0.15) is 13.8 Å². The zero-order chi connectivity index (χ0) is 12.8. The van der Waals surface area contributed by atoms with Crippen molar-refractivity contribution in [1.82, 2.24) is 0 Å². The SMILES string of the molecule is COCCN(CC(C)C)c1ccc(N)cc1F. The van der Waals surface area contributed by atoms with E-state index in [1.54, 1.807) is 19.2 Å². The number of nitrogens with two attached hydrogens (primary N) is 1. The van der Waals surface area contributed by atoms with Crippen LogP contribution in [0.25, 0.3) is 0 Å². The van der Waals surface area contributed by atoms with E-state index in [1.165, 1.54) is 6.07 Å². The third kappa shape index (κ3) is 4.23. The Morgan fingerprint density at radius 3 is 2.65 bits per heavy atom. The van der Waals surface area contributed by atoms with E-state index in [0.717, 1.165) is 6.54 Å². The molecule has 96 valence electrons. The summed E-state index contributed by atoms with van der Waals surface area (Å²) in [6.07, 6.45) is 0. The predicted octanol–water partition coefficient (Wildman–Crippen LogP) is 2.52. The van der Waals surface area contributed by atoms with Crippen molar-refractivity contribution in [3.05, 3.63) is 24.0 Å². The van der Waals surface area contributed by atoms with Gasteiger partial charge in [-0.05, 0) is 24.1 Å². The van der Waals surface area contributed by atoms with Gasteiger partial charge in [-0.15, -0.1) is 0 Å². The molecular weight excluding hydrogens is 219 g/mol. The molecular formula is C13H21FN2O. The maximum atomic E-state index is 13.8. The Morgan fingerprint density at radius 2 is 2.12 bits per heavy atom. The van der Waals surface area contributed by atoms with Crippen LogP contribution < -0.4 is 10.6 Å². The van der Waals surface area contributed by atoms with E-state index >= 15 is 0 Å². The van der Waals surface area contributed by atoms with Gasteiger partial charge in [0.1, 0.15) is 5.82 Å². The zero-order valence-electron chi connectivity index (χ0n) is 10.7. The van der Waals surface area contributed by atoms with E-state index in [2.05, 4.69) is 13.8 Å². The maximum absolute atomic E-state index is 13.8. The monoisotopic (exact) mass is 240 g/mol. The maximum Gasteiger partial charge on any atom is 0.148 e. The Kier molecular flexibility index (Phi) is 5.22. The molecule has 0 aliphatic heterocycles. The van der Waals surface area contributed by atoms with Gasteiger partial charge in [0.05, 0.1) is 12.3 Å². The molecule has 0 spiro atoms. The fourth-order valence-electron chi connectivity index (χ4n) is 1.73. The molecule has 0 saturated heterocycles. The van der Waals surface area contributed by atoms with Gasteiger partial charge in [0, 0.05) is 25.9 Å². The van der Waals surface area contributed by atoms with Crippen LogP contribution in [0.3, 0.4) is 0 Å². The summed E-state index contributed by atoms with van der Waals surface area (Å²) < 4.78 is 18.9. The molecule has 0 aliphatic carbocycles. The first-order chi connectivity index (χ1) is 8.04. The molecule has 0 amide bonds. The molecule has 0 heterocycles. The van der Waals surface area contributed by atoms with Crippen molar-refractivity contribution >= 4 is 11.4 Å². The first kappa shape index (κ1) is 13.8. The second-order valence-electron chi connectivity index (χ2n) is 4.54. The first-order valence-electron chi connectivity index (χ1n) is 5.83. The van der Waals surface area contributed by atoms with Crippen LogP contribution in [-0.2, 0) is 4.74 Å². The van der Waals surface area contributed by atoms with Gasteiger partial charge in [-0.25, -0.2) is 4.39 Å². The zero-order valence-corrected chi connectivity index (χ0v) is 10.7. The number of ether oxygens (including phenoxy) is 1. The Labute approximate surface area is 102 Å². The molecule has 1 aromatic carbocycles. The topological polar surface area (TPSA) is 38.5 Å². The van der Waals surface area contributed by atoms with Crippen LogP contribution in [0.15, 0.2) is 18.2 Å². The highest BCUT2D eigenvalue weighted by Crippen LogP contribution is 2.22. The number of halogens is 1. The van der Waals surface area contributed by atoms with Gasteiger partial charge in [-0.3, -0.25) is 0 Å². The van der Waals surface area contributed by atoms with Crippen LogP contribution in [0.4, 0.5) is 15.8 Å². The van der Waals surface area contributed by atoms with Crippen LogP contribution in [-0.4, -0.2) is 26.8 Å². The molecule has 0 fully saturated rings. The lowest BCUT2D eigenvalue weighted by Crippen LogP contribution is -2.31. The number of hydrogen-bond acceptors (Lipinski definition) is 3. The minimum absolute atomic E-state index is 0.276. The van der Waals surface area contributed by atoms with Gasteiger partial charge in [-0.1, -0.05) is 13.8 Å². The van der Waals surface area contributed by atoms with E-state index in [1.807, 2.05) is 4.90 Å². The quantitative estimate of drug-likeness (QED) is 0.776. The lowest BCUT2D eigenvalue weighted by Gasteiger charge is -2.26. The van der Waals surface area contributed by atoms with Crippen molar-refractivity contribution in [2.75, 3.05) is 37.4 Å². The van der Waals surface area contributed by atoms with E-state index < -0.39 is 0 Å². The van der Waals surface area contributed by atoms with Gasteiger partial charge in [0.15, 0.2) is 0 Å². The standard InChI is InChI=1S/C13H21FN2O/c1-10(2)9-16(6-7-17-3)13-5-4-11(15)8-12(13)14/h4-5,8,10H,6-7,9,15H2,1-3H3. The van der Waals surface area contributed by atoms with Crippen molar-refractivity contribution in [1.29, 1.82) is 0 Å². The average Bonchev–Trinajstić information content (AvgIpc) is 2.24. The highest BCUT2D eigenvalue weighted by molar-refractivity contribution is 5.54. The molecule has 0 aromatic heterocycles. The molecule has 17 heavy (non-hydrogen) atoms. The van der Waals surface area contributed by atoms with E-state index in [-0.39, 0.29) is 5.82 Å². The molecule has 3 nitrogen and oxygen atoms in total. The van der Waals surface area contributed by atoms with Crippen molar-refractivity contribution in [3.63, 3.8) is 0 Å². The molecule has 0 aliphatic rings. The van der Waals surface area contributed by atoms with Gasteiger partial charge in [0.2, 0.25) is 0 Å². The summed E-state index contributed by atoms with van der Waals surface area (Å²) in [7, 11) is 1.65. The molecule has 0 saturated carbocycles. The van der Waals surface area contributed by atoms with E-state index in [0.29, 0.717) is 30.4 Å². The fraction of sp³-hybridized carbons (Fsp3) is 0.538. The predicted molar refractivity (Wildman–Crippen MR) is 69.7 cm³/mol. The van der Waals surface area contributed by atoms with E-state index in [4.69, 9.17) is 10.5 Å². The van der Waals surface area contributed by atoms with E-state index in [9.17, 15) is 4.39 Å². The van der Waals surface area contributed by atoms with Gasteiger partial charge < -0.3 is 15.4 Å². The highest BCUT2D eigenvalue weighted by Gasteiger charge is 2.12. The molecule has 1 aromatic rings. The minimum Gasteiger partial charge on any atom is -0.399 e. The summed E-state index contributed by atoms with van der Waals surface area (Å²) in [5, 5.41) is 0. The molecule has 1 rings (SSSR count). The van der Waals surface area contributed by atoms with Gasteiger partial charge in [0.25, 0.3) is 0 Å². The van der Waals surface area contributed by atoms with Crippen LogP contribution in [0, 0.1) is 11.7 Å². The Balaban J connectivity index is 2.86. The second-order valence-corrected chi connectivity index (χ2v) is 4.54. The van der Waals surface area contributed by atoms with Gasteiger partial charge >= 0.3 is 0 Å². The summed E-state index contributed by atoms with van der Waals surface area (Å²) in [6.45, 7) is 6.26. The number of rotatable bonds is 6. The van der Waals surface area contributed by atoms with Crippen LogP contribution in [0.2, 0.25) is 0 Å². The molecule has 0 atom stereocenters. The number of anilines is 2. The normalized spacial score (nSPS) is 10.9. The minimum atomic E-state index is -0.276. The average molecular weight is 240 g/mol. The summed E-state index contributed by atoms with van der Waals surface area (Å²) in [4.78, 5) is 1.99. The molecule has 2 N–H and O–H groups in total. The Hall–Kier alpha value is -1.29. The number of hydrogen-bond donors (Lipinski definition) is 1. The number of nitrogen functional groups attached to an aromatic ring is 1. The molecule has 0 unspecified atom stereocenters. The smallest absolute Gasteiger partial charge is 0.148 e. The summed E-state index contributed by atoms with van der Waals surface area (Å²) in [6, 6.07) is 4.80. The fourth-order valence-corrected chi connectivity index (χ4v) is 1.73. The summed E-state index contributed by atoms with van der Waals surface area (Å²) >= 11 is 0. The first-order valence-corrected chi connectivity index (χ1v) is 5.83. The third-order valence-corrected chi connectivity index (χ3v) is 2.46. The Morgan fingerprint density at radius 1 is 1.41 bits per heavy atom. The second kappa shape index (κ2) is 6.45. The van der Waals surface area contributed by atoms with Crippen molar-refractivity contribution in [3.8, 4) is 0 Å². The van der Waals surface area contributed by atoms with Crippen molar-refractivity contribution in [2.45, 2.75) is 13.8 Å². The molecule has 0 radical (unpaired) electrons. The summed E-state index contributed by atoms with van der Waals surface area (Å²) in [5.74, 6) is 0.186. The molecule has 0 bridgehead atoms. The summed E-state index contributed by atoms with van der Waals surface area (Å²) in [5.41, 5.74) is 6.58. The molecule has 4 heteroatoms. The van der Waals surface area contributed by atoms with Crippen molar-refractivity contribution in [2.24, 2.45) is 5.92 Å².